The molecule has 2 aromatic rings. The van der Waals surface area contributed by atoms with Crippen LogP contribution in [0.4, 0.5) is 5.82 Å². The maximum atomic E-state index is 10.7. The highest BCUT2D eigenvalue weighted by atomic mass is 32.2. The van der Waals surface area contributed by atoms with E-state index < -0.39 is 24.3 Å². The number of aliphatic hydroxyl groups is 2. The van der Waals surface area contributed by atoms with Gasteiger partial charge in [0.2, 0.25) is 0 Å². The van der Waals surface area contributed by atoms with Gasteiger partial charge < -0.3 is 31.5 Å². The van der Waals surface area contributed by atoms with Crippen LogP contribution in [-0.2, 0) is 9.53 Å². The third-order valence-electron chi connectivity index (χ3n) is 3.60. The van der Waals surface area contributed by atoms with E-state index in [9.17, 15) is 15.0 Å². The Kier molecular flexibility index (Phi) is 7.53. The van der Waals surface area contributed by atoms with Crippen LogP contribution in [0.3, 0.4) is 0 Å². The number of hydrogen-bond acceptors (Lipinski definition) is 10. The van der Waals surface area contributed by atoms with Crippen LogP contribution in [0.1, 0.15) is 12.6 Å². The first-order chi connectivity index (χ1) is 12.5. The topological polar surface area (TPSA) is 183 Å². The lowest BCUT2D eigenvalue weighted by Crippen LogP contribution is -2.31. The maximum absolute atomic E-state index is 10.7. The Morgan fingerprint density at radius 1 is 1.31 bits per heavy atom. The summed E-state index contributed by atoms with van der Waals surface area (Å²) >= 11 is 1.41. The molecule has 2 heterocycles. The van der Waals surface area contributed by atoms with Crippen LogP contribution in [-0.4, -0.2) is 77.7 Å². The third kappa shape index (κ3) is 5.02. The molecule has 0 bridgehead atoms. The molecule has 0 unspecified atom stereocenters. The fraction of sp³-hybridized carbons (Fsp3) is 0.571. The van der Waals surface area contributed by atoms with Crippen molar-refractivity contribution in [3.05, 3.63) is 12.7 Å². The Labute approximate surface area is 153 Å². The molecular weight excluding hydrogens is 364 g/mol. The molecule has 144 valence electrons. The minimum atomic E-state index is -1.05. The second-order valence-corrected chi connectivity index (χ2v) is 6.62. The Morgan fingerprint density at radius 3 is 2.73 bits per heavy atom. The lowest BCUT2D eigenvalue weighted by molar-refractivity contribution is -0.138. The zero-order chi connectivity index (χ0) is 19.1. The number of aromatic nitrogens is 4. The standard InChI is InChI=1S/C14H22N6O5S/c15-9(14(23)24)1-2-26-5-8(3-21)25-10(4-22)20-7-19-11-12(16)17-6-18-13(11)20/h6-10,21-22H,1-5,15H2,(H,23,24)(H2,16,17,18)/t8-,9-,10+/m0/s1. The Hall–Kier alpha value is -1.99. The molecule has 26 heavy (non-hydrogen) atoms. The van der Waals surface area contributed by atoms with Crippen LogP contribution in [0.5, 0.6) is 0 Å². The number of carbonyl (C=O) groups is 1. The summed E-state index contributed by atoms with van der Waals surface area (Å²) in [5.74, 6) is 0.0847. The van der Waals surface area contributed by atoms with Gasteiger partial charge in [0.15, 0.2) is 17.7 Å². The first kappa shape index (κ1) is 20.3. The van der Waals surface area contributed by atoms with Crippen LogP contribution in [0.2, 0.25) is 0 Å². The minimum Gasteiger partial charge on any atom is -0.480 e. The number of carboxylic acids is 1. The summed E-state index contributed by atoms with van der Waals surface area (Å²) in [5.41, 5.74) is 12.0. The zero-order valence-electron chi connectivity index (χ0n) is 13.9. The largest absolute Gasteiger partial charge is 0.480 e. The van der Waals surface area contributed by atoms with Gasteiger partial charge in [-0.25, -0.2) is 15.0 Å². The van der Waals surface area contributed by atoms with Gasteiger partial charge in [0.25, 0.3) is 0 Å². The third-order valence-corrected chi connectivity index (χ3v) is 4.73. The molecule has 2 aromatic heterocycles. The second kappa shape index (κ2) is 9.64. The molecule has 2 rings (SSSR count). The molecule has 0 radical (unpaired) electrons. The fourth-order valence-electron chi connectivity index (χ4n) is 2.18. The van der Waals surface area contributed by atoms with Crippen LogP contribution < -0.4 is 11.5 Å². The highest BCUT2D eigenvalue weighted by Gasteiger charge is 2.21. The number of fused-ring (bicyclic) bond motifs is 1. The van der Waals surface area contributed by atoms with Gasteiger partial charge in [-0.1, -0.05) is 0 Å². The highest BCUT2D eigenvalue weighted by Crippen LogP contribution is 2.21. The van der Waals surface area contributed by atoms with Crippen molar-refractivity contribution in [3.8, 4) is 0 Å². The number of imidazole rings is 1. The molecule has 12 heteroatoms. The van der Waals surface area contributed by atoms with Crippen LogP contribution in [0, 0.1) is 0 Å². The van der Waals surface area contributed by atoms with E-state index >= 15 is 0 Å². The molecule has 11 nitrogen and oxygen atoms in total. The summed E-state index contributed by atoms with van der Waals surface area (Å²) < 4.78 is 7.26. The van der Waals surface area contributed by atoms with Gasteiger partial charge in [0, 0.05) is 5.75 Å². The number of nitrogens with two attached hydrogens (primary N) is 2. The van der Waals surface area contributed by atoms with Crippen molar-refractivity contribution in [2.75, 3.05) is 30.5 Å². The number of nitrogens with zero attached hydrogens (tertiary/aromatic N) is 4. The van der Waals surface area contributed by atoms with Crippen molar-refractivity contribution >= 4 is 34.7 Å². The molecule has 0 aliphatic rings. The summed E-state index contributed by atoms with van der Waals surface area (Å²) in [5, 5.41) is 27.9. The average molecular weight is 386 g/mol. The molecule has 0 amide bonds. The smallest absolute Gasteiger partial charge is 0.320 e. The second-order valence-electron chi connectivity index (χ2n) is 5.47. The lowest BCUT2D eigenvalue weighted by atomic mass is 10.2. The molecule has 0 saturated heterocycles. The van der Waals surface area contributed by atoms with Gasteiger partial charge in [-0.15, -0.1) is 0 Å². The molecule has 7 N–H and O–H groups in total. The van der Waals surface area contributed by atoms with Gasteiger partial charge in [0.1, 0.15) is 17.9 Å². The minimum absolute atomic E-state index is 0.217. The van der Waals surface area contributed by atoms with Gasteiger partial charge in [-0.05, 0) is 12.2 Å². The van der Waals surface area contributed by atoms with Crippen molar-refractivity contribution in [1.82, 2.24) is 19.5 Å². The Bertz CT molecular complexity index is 729. The van der Waals surface area contributed by atoms with E-state index in [2.05, 4.69) is 15.0 Å². The number of ether oxygens (including phenoxy) is 1. The highest BCUT2D eigenvalue weighted by molar-refractivity contribution is 7.99. The van der Waals surface area contributed by atoms with Crippen molar-refractivity contribution < 1.29 is 24.9 Å². The van der Waals surface area contributed by atoms with Crippen molar-refractivity contribution in [3.63, 3.8) is 0 Å². The van der Waals surface area contributed by atoms with Gasteiger partial charge in [-0.2, -0.15) is 11.8 Å². The number of carboxylic acid groups (broad SMARTS) is 1. The molecular formula is C14H22N6O5S. The molecule has 0 fully saturated rings. The quantitative estimate of drug-likeness (QED) is 0.293. The number of rotatable bonds is 11. The van der Waals surface area contributed by atoms with E-state index in [-0.39, 0.29) is 19.0 Å². The van der Waals surface area contributed by atoms with E-state index in [0.29, 0.717) is 29.1 Å². The molecule has 3 atom stereocenters. The SMILES string of the molecule is Nc1ncnc2c1ncn2[C@@H](CO)O[C@@H](CO)CSCC[C@H](N)C(=O)O. The fourth-order valence-corrected chi connectivity index (χ4v) is 3.22. The van der Waals surface area contributed by atoms with Crippen molar-refractivity contribution in [1.29, 1.82) is 0 Å². The average Bonchev–Trinajstić information content (AvgIpc) is 3.06. The number of aliphatic hydroxyl groups excluding tert-OH is 2. The van der Waals surface area contributed by atoms with Gasteiger partial charge >= 0.3 is 5.97 Å². The van der Waals surface area contributed by atoms with E-state index in [1.165, 1.54) is 29.0 Å². The van der Waals surface area contributed by atoms with Crippen LogP contribution in [0.15, 0.2) is 12.7 Å². The van der Waals surface area contributed by atoms with Crippen molar-refractivity contribution in [2.45, 2.75) is 24.8 Å². The number of hydrogen-bond donors (Lipinski definition) is 5. The van der Waals surface area contributed by atoms with Gasteiger partial charge in [0.05, 0.1) is 25.6 Å². The molecule has 0 aliphatic carbocycles. The molecule has 0 aliphatic heterocycles. The summed E-state index contributed by atoms with van der Waals surface area (Å²) in [7, 11) is 0. The number of aliphatic carboxylic acids is 1. The normalized spacial score (nSPS) is 15.0. The predicted octanol–water partition coefficient (Wildman–Crippen LogP) is -1.19. The van der Waals surface area contributed by atoms with E-state index in [0.717, 1.165) is 0 Å². The van der Waals surface area contributed by atoms with Crippen LogP contribution >= 0.6 is 11.8 Å². The monoisotopic (exact) mass is 386 g/mol. The number of nitrogen functional groups attached to an aromatic ring is 1. The first-order valence-electron chi connectivity index (χ1n) is 7.84. The van der Waals surface area contributed by atoms with E-state index in [4.69, 9.17) is 21.3 Å². The Balaban J connectivity index is 1.96. The summed E-state index contributed by atoms with van der Waals surface area (Å²) in [6, 6.07) is -0.913. The maximum Gasteiger partial charge on any atom is 0.320 e. The van der Waals surface area contributed by atoms with Gasteiger partial charge in [-0.3, -0.25) is 9.36 Å². The predicted molar refractivity (Wildman–Crippen MR) is 95.4 cm³/mol. The first-order valence-corrected chi connectivity index (χ1v) is 8.99. The lowest BCUT2D eigenvalue weighted by Gasteiger charge is -2.23. The van der Waals surface area contributed by atoms with Crippen LogP contribution in [0.25, 0.3) is 11.2 Å². The summed E-state index contributed by atoms with van der Waals surface area (Å²) in [6.07, 6.45) is 1.65. The number of anilines is 1. The summed E-state index contributed by atoms with van der Waals surface area (Å²) in [4.78, 5) is 22.7. The summed E-state index contributed by atoms with van der Waals surface area (Å²) in [6.45, 7) is -0.626. The van der Waals surface area contributed by atoms with Crippen molar-refractivity contribution in [2.24, 2.45) is 5.73 Å². The molecule has 0 spiro atoms. The van der Waals surface area contributed by atoms with E-state index in [1.807, 2.05) is 0 Å². The molecule has 0 saturated carbocycles. The number of thioether (sulfide) groups is 1. The Morgan fingerprint density at radius 2 is 2.08 bits per heavy atom. The molecule has 0 aromatic carbocycles. The van der Waals surface area contributed by atoms with E-state index in [1.54, 1.807) is 0 Å². The zero-order valence-corrected chi connectivity index (χ0v) is 14.7.